The number of methoxy groups -OCH3 is 3. The molecular formula is C24H24N2O7. The van der Waals surface area contributed by atoms with E-state index in [9.17, 15) is 19.2 Å². The van der Waals surface area contributed by atoms with E-state index in [1.54, 1.807) is 36.4 Å². The van der Waals surface area contributed by atoms with Gasteiger partial charge in [0, 0.05) is 16.7 Å². The molecule has 0 fully saturated rings. The minimum atomic E-state index is -1.45. The van der Waals surface area contributed by atoms with Crippen LogP contribution in [-0.2, 0) is 28.6 Å². The molecule has 1 N–H and O–H groups in total. The molecule has 0 aliphatic heterocycles. The largest absolute Gasteiger partial charge is 0.468 e. The van der Waals surface area contributed by atoms with Crippen LogP contribution in [0.5, 0.6) is 0 Å². The predicted molar refractivity (Wildman–Crippen MR) is 119 cm³/mol. The van der Waals surface area contributed by atoms with E-state index in [2.05, 4.69) is 10.3 Å². The van der Waals surface area contributed by atoms with Gasteiger partial charge in [-0.05, 0) is 12.1 Å². The van der Waals surface area contributed by atoms with Crippen molar-refractivity contribution in [2.45, 2.75) is 13.0 Å². The summed E-state index contributed by atoms with van der Waals surface area (Å²) in [6.45, 7) is 1.46. The fourth-order valence-electron chi connectivity index (χ4n) is 3.80. The first kappa shape index (κ1) is 23.6. The van der Waals surface area contributed by atoms with Gasteiger partial charge in [-0.1, -0.05) is 43.3 Å². The minimum Gasteiger partial charge on any atom is -0.468 e. The molecular weight excluding hydrogens is 428 g/mol. The van der Waals surface area contributed by atoms with E-state index in [1.807, 2.05) is 12.1 Å². The average Bonchev–Trinajstić information content (AvgIpc) is 2.84. The van der Waals surface area contributed by atoms with Gasteiger partial charge in [0.15, 0.2) is 5.92 Å². The maximum absolute atomic E-state index is 13.5. The Hall–Kier alpha value is -4.01. The smallest absolute Gasteiger partial charge is 0.328 e. The number of nitrogens with one attached hydrogen (secondary N) is 1. The van der Waals surface area contributed by atoms with Crippen LogP contribution in [0.4, 0.5) is 0 Å². The number of carbonyl (C=O) groups excluding carboxylic acids is 4. The number of rotatable bonds is 7. The van der Waals surface area contributed by atoms with Crippen LogP contribution >= 0.6 is 0 Å². The fraction of sp³-hybridized carbons (Fsp3) is 0.292. The Labute approximate surface area is 190 Å². The van der Waals surface area contributed by atoms with Gasteiger partial charge in [-0.15, -0.1) is 0 Å². The van der Waals surface area contributed by atoms with Gasteiger partial charge < -0.3 is 19.5 Å². The van der Waals surface area contributed by atoms with Gasteiger partial charge in [0.1, 0.15) is 6.04 Å². The van der Waals surface area contributed by atoms with E-state index in [0.717, 1.165) is 21.3 Å². The van der Waals surface area contributed by atoms with Gasteiger partial charge in [0.2, 0.25) is 0 Å². The summed E-state index contributed by atoms with van der Waals surface area (Å²) in [4.78, 5) is 55.3. The van der Waals surface area contributed by atoms with Gasteiger partial charge in [-0.25, -0.2) is 9.78 Å². The van der Waals surface area contributed by atoms with Crippen LogP contribution in [-0.4, -0.2) is 56.2 Å². The van der Waals surface area contributed by atoms with E-state index in [1.165, 1.54) is 6.92 Å². The molecule has 0 unspecified atom stereocenters. The van der Waals surface area contributed by atoms with Gasteiger partial charge >= 0.3 is 17.9 Å². The second kappa shape index (κ2) is 10.1. The third-order valence-corrected chi connectivity index (χ3v) is 5.52. The summed E-state index contributed by atoms with van der Waals surface area (Å²) in [7, 11) is 3.38. The lowest BCUT2D eigenvalue weighted by molar-refractivity contribution is -0.163. The fourth-order valence-corrected chi connectivity index (χ4v) is 3.80. The van der Waals surface area contributed by atoms with Crippen molar-refractivity contribution in [1.82, 2.24) is 10.3 Å². The van der Waals surface area contributed by atoms with Crippen LogP contribution in [0.2, 0.25) is 0 Å². The molecule has 0 spiro atoms. The van der Waals surface area contributed by atoms with E-state index < -0.39 is 41.7 Å². The summed E-state index contributed by atoms with van der Waals surface area (Å²) >= 11 is 0. The van der Waals surface area contributed by atoms with Gasteiger partial charge in [-0.2, -0.15) is 0 Å². The zero-order chi connectivity index (χ0) is 24.1. The highest BCUT2D eigenvalue weighted by atomic mass is 16.5. The van der Waals surface area contributed by atoms with Gasteiger partial charge in [0.25, 0.3) is 5.91 Å². The molecule has 0 aliphatic carbocycles. The van der Waals surface area contributed by atoms with Crippen molar-refractivity contribution in [3.05, 3.63) is 54.1 Å². The normalized spacial score (nSPS) is 12.8. The SMILES string of the molecule is COC(=O)C(C(=O)OC)[C@@H](C)[C@H](NC(=O)c1c2ccccc2nc2ccccc12)C(=O)OC. The molecule has 0 saturated carbocycles. The lowest BCUT2D eigenvalue weighted by Gasteiger charge is -2.27. The molecule has 0 saturated heterocycles. The molecule has 0 bridgehead atoms. The standard InChI is InChI=1S/C24H24N2O7/c1-13(18(22(28)31-2)23(29)32-3)20(24(30)33-4)26-21(27)19-14-9-5-7-11-16(14)25-17-12-8-6-10-15(17)19/h5-13,18,20H,1-4H3,(H,26,27)/t13-,20+/m1/s1. The predicted octanol–water partition coefficient (Wildman–Crippen LogP) is 2.26. The molecule has 3 aromatic rings. The molecule has 1 aromatic heterocycles. The third kappa shape index (κ3) is 4.62. The van der Waals surface area contributed by atoms with Crippen molar-refractivity contribution in [3.63, 3.8) is 0 Å². The second-order valence-electron chi connectivity index (χ2n) is 7.38. The van der Waals surface area contributed by atoms with E-state index in [-0.39, 0.29) is 0 Å². The number of carbonyl (C=O) groups is 4. The quantitative estimate of drug-likeness (QED) is 0.251. The summed E-state index contributed by atoms with van der Waals surface area (Å²) in [5.41, 5.74) is 1.52. The maximum atomic E-state index is 13.5. The van der Waals surface area contributed by atoms with Crippen LogP contribution in [0.15, 0.2) is 48.5 Å². The molecule has 9 heteroatoms. The maximum Gasteiger partial charge on any atom is 0.328 e. The number of esters is 3. The number of fused-ring (bicyclic) bond motifs is 2. The zero-order valence-electron chi connectivity index (χ0n) is 18.7. The van der Waals surface area contributed by atoms with Crippen molar-refractivity contribution in [2.24, 2.45) is 11.8 Å². The molecule has 172 valence electrons. The molecule has 0 radical (unpaired) electrons. The number of benzene rings is 2. The number of nitrogens with zero attached hydrogens (tertiary/aromatic N) is 1. The van der Waals surface area contributed by atoms with E-state index in [4.69, 9.17) is 14.2 Å². The van der Waals surface area contributed by atoms with Crippen LogP contribution < -0.4 is 5.32 Å². The molecule has 0 aliphatic rings. The van der Waals surface area contributed by atoms with E-state index in [0.29, 0.717) is 27.4 Å². The Morgan fingerprint density at radius 1 is 0.758 bits per heavy atom. The topological polar surface area (TPSA) is 121 Å². The number of aromatic nitrogens is 1. The summed E-state index contributed by atoms with van der Waals surface area (Å²) in [6, 6.07) is 12.9. The summed E-state index contributed by atoms with van der Waals surface area (Å²) in [5.74, 6) is -5.66. The van der Waals surface area contributed by atoms with Gasteiger partial charge in [0.05, 0.1) is 37.9 Å². The molecule has 2 atom stereocenters. The highest BCUT2D eigenvalue weighted by molar-refractivity contribution is 6.16. The summed E-state index contributed by atoms with van der Waals surface area (Å²) in [6.07, 6.45) is 0. The number of hydrogen-bond acceptors (Lipinski definition) is 8. The molecule has 1 heterocycles. The zero-order valence-corrected chi connectivity index (χ0v) is 18.7. The van der Waals surface area contributed by atoms with Crippen LogP contribution in [0.25, 0.3) is 21.8 Å². The van der Waals surface area contributed by atoms with Crippen molar-refractivity contribution in [2.75, 3.05) is 21.3 Å². The first-order valence-electron chi connectivity index (χ1n) is 10.2. The second-order valence-corrected chi connectivity index (χ2v) is 7.38. The number of pyridine rings is 1. The molecule has 33 heavy (non-hydrogen) atoms. The Morgan fingerprint density at radius 3 is 1.67 bits per heavy atom. The monoisotopic (exact) mass is 452 g/mol. The lowest BCUT2D eigenvalue weighted by atomic mass is 9.87. The van der Waals surface area contributed by atoms with E-state index >= 15 is 0 Å². The number of amides is 1. The Balaban J connectivity index is 2.09. The van der Waals surface area contributed by atoms with Gasteiger partial charge in [-0.3, -0.25) is 14.4 Å². The van der Waals surface area contributed by atoms with Crippen molar-refractivity contribution < 1.29 is 33.4 Å². The highest BCUT2D eigenvalue weighted by Crippen LogP contribution is 2.27. The van der Waals surface area contributed by atoms with Crippen molar-refractivity contribution in [3.8, 4) is 0 Å². The minimum absolute atomic E-state index is 0.310. The first-order valence-corrected chi connectivity index (χ1v) is 10.2. The molecule has 2 aromatic carbocycles. The highest BCUT2D eigenvalue weighted by Gasteiger charge is 2.42. The number of ether oxygens (including phenoxy) is 3. The molecule has 9 nitrogen and oxygen atoms in total. The van der Waals surface area contributed by atoms with Crippen molar-refractivity contribution >= 4 is 45.6 Å². The van der Waals surface area contributed by atoms with Crippen LogP contribution in [0, 0.1) is 11.8 Å². The van der Waals surface area contributed by atoms with Crippen molar-refractivity contribution in [1.29, 1.82) is 0 Å². The lowest BCUT2D eigenvalue weighted by Crippen LogP contribution is -2.51. The number of hydrogen-bond donors (Lipinski definition) is 1. The summed E-state index contributed by atoms with van der Waals surface area (Å²) in [5, 5.41) is 3.82. The molecule has 3 rings (SSSR count). The first-order chi connectivity index (χ1) is 15.8. The summed E-state index contributed by atoms with van der Waals surface area (Å²) < 4.78 is 14.3. The number of para-hydroxylation sites is 2. The average molecular weight is 452 g/mol. The third-order valence-electron chi connectivity index (χ3n) is 5.52. The Bertz CT molecular complexity index is 1150. The van der Waals surface area contributed by atoms with Crippen LogP contribution in [0.1, 0.15) is 17.3 Å². The Kier molecular flexibility index (Phi) is 7.22. The van der Waals surface area contributed by atoms with Crippen LogP contribution in [0.3, 0.4) is 0 Å². The molecule has 1 amide bonds. The Morgan fingerprint density at radius 2 is 1.21 bits per heavy atom.